The van der Waals surface area contributed by atoms with Crippen LogP contribution in [0.3, 0.4) is 0 Å². The maximum Gasteiger partial charge on any atom is 0.168 e. The number of aromatic nitrogens is 1. The van der Waals surface area contributed by atoms with Crippen molar-refractivity contribution in [3.05, 3.63) is 38.0 Å². The van der Waals surface area contributed by atoms with E-state index in [9.17, 15) is 0 Å². The molecule has 0 aliphatic heterocycles. The summed E-state index contributed by atoms with van der Waals surface area (Å²) >= 11 is 0. The van der Waals surface area contributed by atoms with Crippen LogP contribution in [0.2, 0.25) is 0 Å². The summed E-state index contributed by atoms with van der Waals surface area (Å²) in [5.74, 6) is 0. The second-order valence-corrected chi connectivity index (χ2v) is 7.96. The lowest BCUT2D eigenvalue weighted by Gasteiger charge is -2.17. The summed E-state index contributed by atoms with van der Waals surface area (Å²) in [4.78, 5) is 0. The van der Waals surface area contributed by atoms with Gasteiger partial charge in [-0.25, -0.2) is 4.57 Å². The molecular weight excluding hydrogens is 278 g/mol. The number of rotatable bonds is 12. The van der Waals surface area contributed by atoms with Crippen LogP contribution >= 0.6 is 0 Å². The average molecular weight is 320 g/mol. The molecular formula is C22H41N. The Balaban J connectivity index is 0.00000484. The Morgan fingerprint density at radius 3 is 1.52 bits per heavy atom. The molecule has 0 fully saturated rings. The van der Waals surface area contributed by atoms with Crippen molar-refractivity contribution in [2.45, 2.75) is 97.9 Å². The Labute approximate surface area is 146 Å². The van der Waals surface area contributed by atoms with Crippen LogP contribution < -0.4 is 4.57 Å². The minimum absolute atomic E-state index is 0. The topological polar surface area (TPSA) is 3.88 Å². The fourth-order valence-electron chi connectivity index (χ4n) is 2.95. The Morgan fingerprint density at radius 2 is 1.04 bits per heavy atom. The van der Waals surface area contributed by atoms with Gasteiger partial charge in [0.25, 0.3) is 0 Å². The smallest absolute Gasteiger partial charge is 0.168 e. The molecule has 0 radical (unpaired) electrons. The number of aryl methyl sites for hydroxylation is 1. The van der Waals surface area contributed by atoms with E-state index in [1.807, 2.05) is 0 Å². The molecule has 0 N–H and O–H groups in total. The summed E-state index contributed by atoms with van der Waals surface area (Å²) in [5.41, 5.74) is 0.526. The van der Waals surface area contributed by atoms with Crippen molar-refractivity contribution in [3.8, 4) is 0 Å². The van der Waals surface area contributed by atoms with Crippen molar-refractivity contribution >= 4 is 0 Å². The fraction of sp³-hybridized carbons (Fsp3) is 0.727. The van der Waals surface area contributed by atoms with Gasteiger partial charge in [-0.05, 0) is 18.3 Å². The van der Waals surface area contributed by atoms with Gasteiger partial charge in [-0.15, -0.1) is 0 Å². The number of hydrogen-bond acceptors (Lipinski definition) is 0. The van der Waals surface area contributed by atoms with E-state index in [4.69, 9.17) is 0 Å². The van der Waals surface area contributed by atoms with E-state index in [0.717, 1.165) is 0 Å². The molecule has 0 aromatic carbocycles. The first kappa shape index (κ1) is 22.1. The van der Waals surface area contributed by atoms with Crippen molar-refractivity contribution < 1.29 is 4.57 Å². The minimum Gasteiger partial charge on any atom is -0.358 e. The molecule has 1 rings (SSSR count). The van der Waals surface area contributed by atoms with Crippen LogP contribution in [0.4, 0.5) is 0 Å². The quantitative estimate of drug-likeness (QED) is 0.227. The summed E-state index contributed by atoms with van der Waals surface area (Å²) in [7, 11) is 0. The van der Waals surface area contributed by atoms with Gasteiger partial charge in [0.05, 0.1) is 0 Å². The van der Waals surface area contributed by atoms with E-state index in [2.05, 4.69) is 55.9 Å². The van der Waals surface area contributed by atoms with E-state index in [-0.39, 0.29) is 7.43 Å². The molecule has 1 nitrogen and oxygen atoms in total. The summed E-state index contributed by atoms with van der Waals surface area (Å²) in [6.45, 7) is 8.23. The highest BCUT2D eigenvalue weighted by Gasteiger charge is 2.08. The van der Waals surface area contributed by atoms with Crippen LogP contribution in [0.1, 0.15) is 91.4 Å². The van der Waals surface area contributed by atoms with E-state index in [1.165, 1.54) is 77.2 Å². The Morgan fingerprint density at radius 1 is 0.609 bits per heavy atom. The first-order valence-corrected chi connectivity index (χ1v) is 9.52. The van der Waals surface area contributed by atoms with Gasteiger partial charge in [0, 0.05) is 18.6 Å². The van der Waals surface area contributed by atoms with Gasteiger partial charge >= 0.3 is 0 Å². The van der Waals surface area contributed by atoms with Crippen LogP contribution in [0.5, 0.6) is 0 Å². The highest BCUT2D eigenvalue weighted by Crippen LogP contribution is 2.22. The highest BCUT2D eigenvalue weighted by molar-refractivity contribution is 4.83. The zero-order chi connectivity index (χ0) is 16.1. The van der Waals surface area contributed by atoms with Gasteiger partial charge in [-0.3, -0.25) is 0 Å². The van der Waals surface area contributed by atoms with Crippen LogP contribution in [-0.4, -0.2) is 0 Å². The molecule has 0 amide bonds. The molecule has 0 spiro atoms. The monoisotopic (exact) mass is 319 g/mol. The van der Waals surface area contributed by atoms with Gasteiger partial charge in [0.1, 0.15) is 6.54 Å². The van der Waals surface area contributed by atoms with E-state index in [0.29, 0.717) is 5.41 Å². The summed E-state index contributed by atoms with van der Waals surface area (Å²) in [5, 5.41) is 0. The Kier molecular flexibility index (Phi) is 13.1. The SMILES string of the molecule is CC(C)(C)CCCCCCCCCCCC[n+]1ccccc1.[CH3-]. The standard InChI is InChI=1S/C21H38N.CH3/c1-21(2,3)17-13-10-8-6-4-5-7-9-11-14-18-22-19-15-12-16-20-22;/h12,15-16,19-20H,4-11,13-14,17-18H2,1-3H3;1H3/q+1;-1. The summed E-state index contributed by atoms with van der Waals surface area (Å²) < 4.78 is 2.29. The third kappa shape index (κ3) is 14.5. The molecule has 0 saturated heterocycles. The third-order valence-electron chi connectivity index (χ3n) is 4.37. The molecule has 0 bridgehead atoms. The maximum absolute atomic E-state index is 2.35. The summed E-state index contributed by atoms with van der Waals surface area (Å²) in [6.07, 6.45) is 19.9. The molecule has 1 heterocycles. The van der Waals surface area contributed by atoms with Crippen LogP contribution in [0.25, 0.3) is 0 Å². The summed E-state index contributed by atoms with van der Waals surface area (Å²) in [6, 6.07) is 6.31. The molecule has 134 valence electrons. The largest absolute Gasteiger partial charge is 0.358 e. The molecule has 23 heavy (non-hydrogen) atoms. The molecule has 1 heteroatoms. The lowest BCUT2D eigenvalue weighted by molar-refractivity contribution is -0.697. The molecule has 1 aromatic heterocycles. The second-order valence-electron chi connectivity index (χ2n) is 7.96. The van der Waals surface area contributed by atoms with E-state index >= 15 is 0 Å². The number of nitrogens with zero attached hydrogens (tertiary/aromatic N) is 1. The van der Waals surface area contributed by atoms with Crippen LogP contribution in [0.15, 0.2) is 30.6 Å². The molecule has 0 aliphatic carbocycles. The second kappa shape index (κ2) is 13.6. The fourth-order valence-corrected chi connectivity index (χ4v) is 2.95. The van der Waals surface area contributed by atoms with Gasteiger partial charge in [-0.2, -0.15) is 0 Å². The average Bonchev–Trinajstić information content (AvgIpc) is 2.48. The van der Waals surface area contributed by atoms with Gasteiger partial charge in [0.15, 0.2) is 12.4 Å². The van der Waals surface area contributed by atoms with Crippen LogP contribution in [-0.2, 0) is 6.54 Å². The normalized spacial score (nSPS) is 11.3. The Hall–Kier alpha value is -0.850. The first-order chi connectivity index (χ1) is 10.6. The molecule has 1 aromatic rings. The predicted octanol–water partition coefficient (Wildman–Crippen LogP) is 6.76. The molecule has 0 aliphatic rings. The first-order valence-electron chi connectivity index (χ1n) is 9.52. The lowest BCUT2D eigenvalue weighted by Crippen LogP contribution is -2.32. The van der Waals surface area contributed by atoms with Crippen molar-refractivity contribution in [3.63, 3.8) is 0 Å². The Bertz CT molecular complexity index is 350. The highest BCUT2D eigenvalue weighted by atomic mass is 14.9. The van der Waals surface area contributed by atoms with Crippen LogP contribution in [0, 0.1) is 12.8 Å². The van der Waals surface area contributed by atoms with Crippen molar-refractivity contribution in [2.75, 3.05) is 0 Å². The van der Waals surface area contributed by atoms with E-state index < -0.39 is 0 Å². The number of pyridine rings is 1. The minimum atomic E-state index is 0. The molecule has 0 unspecified atom stereocenters. The van der Waals surface area contributed by atoms with Gasteiger partial charge in [-0.1, -0.05) is 78.2 Å². The number of hydrogen-bond donors (Lipinski definition) is 0. The molecule has 0 atom stereocenters. The van der Waals surface area contributed by atoms with Crippen molar-refractivity contribution in [1.29, 1.82) is 0 Å². The zero-order valence-electron chi connectivity index (χ0n) is 16.3. The maximum atomic E-state index is 2.35. The van der Waals surface area contributed by atoms with Gasteiger partial charge < -0.3 is 7.43 Å². The van der Waals surface area contributed by atoms with Gasteiger partial charge in [0.2, 0.25) is 0 Å². The van der Waals surface area contributed by atoms with Crippen molar-refractivity contribution in [1.82, 2.24) is 0 Å². The van der Waals surface area contributed by atoms with Crippen molar-refractivity contribution in [2.24, 2.45) is 5.41 Å². The van der Waals surface area contributed by atoms with E-state index in [1.54, 1.807) is 0 Å². The molecule has 0 saturated carbocycles. The number of unbranched alkanes of at least 4 members (excludes halogenated alkanes) is 9. The predicted molar refractivity (Wildman–Crippen MR) is 103 cm³/mol. The zero-order valence-corrected chi connectivity index (χ0v) is 16.3. The third-order valence-corrected chi connectivity index (χ3v) is 4.37. The lowest BCUT2D eigenvalue weighted by atomic mass is 9.89.